The van der Waals surface area contributed by atoms with E-state index in [1.165, 1.54) is 22.3 Å². The highest BCUT2D eigenvalue weighted by molar-refractivity contribution is 14.0. The third-order valence-corrected chi connectivity index (χ3v) is 4.55. The van der Waals surface area contributed by atoms with Crippen LogP contribution in [0.25, 0.3) is 0 Å². The van der Waals surface area contributed by atoms with Crippen LogP contribution in [0, 0.1) is 0 Å². The number of hydrogen-bond donors (Lipinski definition) is 2. The Kier molecular flexibility index (Phi) is 8.87. The molecule has 0 radical (unpaired) electrons. The van der Waals surface area contributed by atoms with Crippen LogP contribution in [0.1, 0.15) is 22.3 Å². The van der Waals surface area contributed by atoms with Gasteiger partial charge in [-0.1, -0.05) is 36.4 Å². The van der Waals surface area contributed by atoms with Crippen LogP contribution in [0.15, 0.2) is 47.5 Å². The van der Waals surface area contributed by atoms with E-state index in [1.54, 1.807) is 14.2 Å². The highest BCUT2D eigenvalue weighted by atomic mass is 127. The number of nitrogens with zero attached hydrogens (tertiary/aromatic N) is 1. The fraction of sp³-hybridized carbons (Fsp3) is 0.381. The summed E-state index contributed by atoms with van der Waals surface area (Å²) >= 11 is 0. The number of nitrogens with one attached hydrogen (secondary N) is 2. The SMILES string of the molecule is CN=C(NCCc1ccc2c(c1)CCO2)NCc1ccccc1COC.I. The lowest BCUT2D eigenvalue weighted by molar-refractivity contribution is 0.184. The predicted octanol–water partition coefficient (Wildman–Crippen LogP) is 3.29. The third kappa shape index (κ3) is 6.10. The smallest absolute Gasteiger partial charge is 0.191 e. The Hall–Kier alpha value is -1.80. The van der Waals surface area contributed by atoms with E-state index in [2.05, 4.69) is 46.0 Å². The number of fused-ring (bicyclic) bond motifs is 1. The van der Waals surface area contributed by atoms with Gasteiger partial charge >= 0.3 is 0 Å². The molecule has 5 nitrogen and oxygen atoms in total. The lowest BCUT2D eigenvalue weighted by Crippen LogP contribution is -2.38. The number of benzene rings is 2. The Morgan fingerprint density at radius 2 is 1.96 bits per heavy atom. The van der Waals surface area contributed by atoms with Crippen LogP contribution in [-0.4, -0.2) is 33.3 Å². The summed E-state index contributed by atoms with van der Waals surface area (Å²) in [5, 5.41) is 6.76. The van der Waals surface area contributed by atoms with Gasteiger partial charge in [0, 0.05) is 33.7 Å². The molecule has 2 aromatic rings. The zero-order valence-electron chi connectivity index (χ0n) is 16.0. The van der Waals surface area contributed by atoms with Crippen LogP contribution in [0.2, 0.25) is 0 Å². The van der Waals surface area contributed by atoms with Crippen molar-refractivity contribution in [2.45, 2.75) is 26.0 Å². The largest absolute Gasteiger partial charge is 0.493 e. The number of methoxy groups -OCH3 is 1. The van der Waals surface area contributed by atoms with E-state index in [-0.39, 0.29) is 24.0 Å². The van der Waals surface area contributed by atoms with Gasteiger partial charge in [-0.15, -0.1) is 24.0 Å². The van der Waals surface area contributed by atoms with Crippen molar-refractivity contribution in [1.82, 2.24) is 10.6 Å². The van der Waals surface area contributed by atoms with Gasteiger partial charge in [-0.25, -0.2) is 0 Å². The molecule has 0 saturated heterocycles. The Morgan fingerprint density at radius 1 is 1.15 bits per heavy atom. The summed E-state index contributed by atoms with van der Waals surface area (Å²) in [6, 6.07) is 14.8. The van der Waals surface area contributed by atoms with Crippen molar-refractivity contribution < 1.29 is 9.47 Å². The maximum absolute atomic E-state index is 5.56. The second-order valence-electron chi connectivity index (χ2n) is 6.34. The van der Waals surface area contributed by atoms with Gasteiger partial charge in [0.2, 0.25) is 0 Å². The van der Waals surface area contributed by atoms with E-state index in [0.29, 0.717) is 6.61 Å². The molecule has 27 heavy (non-hydrogen) atoms. The molecular formula is C21H28IN3O2. The lowest BCUT2D eigenvalue weighted by Gasteiger charge is -2.14. The van der Waals surface area contributed by atoms with Gasteiger partial charge < -0.3 is 20.1 Å². The maximum Gasteiger partial charge on any atom is 0.191 e. The van der Waals surface area contributed by atoms with Crippen LogP contribution >= 0.6 is 24.0 Å². The van der Waals surface area contributed by atoms with Crippen molar-refractivity contribution in [1.29, 1.82) is 0 Å². The highest BCUT2D eigenvalue weighted by Crippen LogP contribution is 2.25. The molecule has 0 amide bonds. The average Bonchev–Trinajstić information content (AvgIpc) is 3.13. The van der Waals surface area contributed by atoms with E-state index in [0.717, 1.165) is 44.2 Å². The average molecular weight is 481 g/mol. The van der Waals surface area contributed by atoms with E-state index in [1.807, 2.05) is 12.1 Å². The summed E-state index contributed by atoms with van der Waals surface area (Å²) in [6.07, 6.45) is 1.97. The number of hydrogen-bond acceptors (Lipinski definition) is 3. The molecule has 146 valence electrons. The molecule has 1 heterocycles. The first kappa shape index (κ1) is 21.5. The molecule has 1 aliphatic rings. The monoisotopic (exact) mass is 481 g/mol. The summed E-state index contributed by atoms with van der Waals surface area (Å²) in [5.41, 5.74) is 5.05. The van der Waals surface area contributed by atoms with Crippen molar-refractivity contribution in [2.75, 3.05) is 27.3 Å². The third-order valence-electron chi connectivity index (χ3n) is 4.55. The Labute approximate surface area is 178 Å². The fourth-order valence-electron chi connectivity index (χ4n) is 3.15. The number of guanidine groups is 1. The van der Waals surface area contributed by atoms with Crippen molar-refractivity contribution in [2.24, 2.45) is 4.99 Å². The minimum Gasteiger partial charge on any atom is -0.493 e. The van der Waals surface area contributed by atoms with Gasteiger partial charge in [-0.05, 0) is 34.7 Å². The van der Waals surface area contributed by atoms with Crippen molar-refractivity contribution >= 4 is 29.9 Å². The Bertz CT molecular complexity index is 765. The molecule has 6 heteroatoms. The molecule has 0 fully saturated rings. The molecule has 0 spiro atoms. The molecule has 1 aliphatic heterocycles. The molecule has 0 aliphatic carbocycles. The van der Waals surface area contributed by atoms with E-state index >= 15 is 0 Å². The maximum atomic E-state index is 5.56. The van der Waals surface area contributed by atoms with Gasteiger partial charge in [0.1, 0.15) is 5.75 Å². The van der Waals surface area contributed by atoms with Gasteiger partial charge in [-0.3, -0.25) is 4.99 Å². The Balaban J connectivity index is 0.00000261. The topological polar surface area (TPSA) is 54.9 Å². The predicted molar refractivity (Wildman–Crippen MR) is 120 cm³/mol. The summed E-state index contributed by atoms with van der Waals surface area (Å²) in [4.78, 5) is 4.31. The molecule has 0 saturated carbocycles. The molecule has 0 bridgehead atoms. The van der Waals surface area contributed by atoms with Crippen LogP contribution < -0.4 is 15.4 Å². The molecule has 0 unspecified atom stereocenters. The van der Waals surface area contributed by atoms with Crippen molar-refractivity contribution in [3.8, 4) is 5.75 Å². The first-order chi connectivity index (χ1) is 12.8. The summed E-state index contributed by atoms with van der Waals surface area (Å²) in [6.45, 7) is 2.97. The van der Waals surface area contributed by atoms with E-state index in [4.69, 9.17) is 9.47 Å². The molecule has 2 aromatic carbocycles. The first-order valence-corrected chi connectivity index (χ1v) is 9.05. The molecular weight excluding hydrogens is 453 g/mol. The van der Waals surface area contributed by atoms with Gasteiger partial charge in [-0.2, -0.15) is 0 Å². The summed E-state index contributed by atoms with van der Waals surface area (Å²) in [5.74, 6) is 1.84. The normalized spacial score (nSPS) is 12.7. The minimum atomic E-state index is 0. The van der Waals surface area contributed by atoms with Gasteiger partial charge in [0.05, 0.1) is 13.2 Å². The van der Waals surface area contributed by atoms with Crippen molar-refractivity contribution in [3.05, 3.63) is 64.7 Å². The molecule has 3 rings (SSSR count). The van der Waals surface area contributed by atoms with Crippen LogP contribution in [0.4, 0.5) is 0 Å². The van der Waals surface area contributed by atoms with Crippen LogP contribution in [0.3, 0.4) is 0 Å². The van der Waals surface area contributed by atoms with Crippen LogP contribution in [0.5, 0.6) is 5.75 Å². The minimum absolute atomic E-state index is 0. The first-order valence-electron chi connectivity index (χ1n) is 9.05. The zero-order valence-corrected chi connectivity index (χ0v) is 18.3. The lowest BCUT2D eigenvalue weighted by atomic mass is 10.1. The Morgan fingerprint density at radius 3 is 2.74 bits per heavy atom. The van der Waals surface area contributed by atoms with Crippen molar-refractivity contribution in [3.63, 3.8) is 0 Å². The second-order valence-corrected chi connectivity index (χ2v) is 6.34. The zero-order chi connectivity index (χ0) is 18.2. The second kappa shape index (κ2) is 11.1. The number of ether oxygens (including phenoxy) is 2. The number of aliphatic imine (C=N–C) groups is 1. The van der Waals surface area contributed by atoms with E-state index < -0.39 is 0 Å². The quantitative estimate of drug-likeness (QED) is 0.362. The summed E-state index contributed by atoms with van der Waals surface area (Å²) < 4.78 is 10.8. The summed E-state index contributed by atoms with van der Waals surface area (Å²) in [7, 11) is 3.51. The molecule has 0 aromatic heterocycles. The van der Waals surface area contributed by atoms with E-state index in [9.17, 15) is 0 Å². The van der Waals surface area contributed by atoms with Crippen LogP contribution in [-0.2, 0) is 30.7 Å². The molecule has 0 atom stereocenters. The number of halogens is 1. The molecule has 2 N–H and O–H groups in total. The number of rotatable bonds is 7. The van der Waals surface area contributed by atoms with Gasteiger partial charge in [0.25, 0.3) is 0 Å². The highest BCUT2D eigenvalue weighted by Gasteiger charge is 2.11. The van der Waals surface area contributed by atoms with Gasteiger partial charge in [0.15, 0.2) is 5.96 Å². The standard InChI is InChI=1S/C21H27N3O2.HI/c1-22-21(24-14-18-5-3-4-6-19(18)15-25-2)23-11-9-16-7-8-20-17(13-16)10-12-26-20;/h3-8,13H,9-12,14-15H2,1-2H3,(H2,22,23,24);1H. The fourth-order valence-corrected chi connectivity index (χ4v) is 3.15.